The van der Waals surface area contributed by atoms with Crippen molar-refractivity contribution in [2.24, 2.45) is 5.41 Å². The van der Waals surface area contributed by atoms with Crippen molar-refractivity contribution in [2.45, 2.75) is 51.5 Å². The molecule has 0 spiro atoms. The molecule has 1 fully saturated rings. The second-order valence-corrected chi connectivity index (χ2v) is 7.07. The van der Waals surface area contributed by atoms with Crippen LogP contribution in [0.25, 0.3) is 0 Å². The maximum absolute atomic E-state index is 12.7. The van der Waals surface area contributed by atoms with Gasteiger partial charge in [-0.15, -0.1) is 0 Å². The highest BCUT2D eigenvalue weighted by Gasteiger charge is 2.47. The number of rotatable bonds is 4. The van der Waals surface area contributed by atoms with Gasteiger partial charge in [0, 0.05) is 0 Å². The minimum absolute atomic E-state index is 0.184. The minimum Gasteiger partial charge on any atom is -0.480 e. The van der Waals surface area contributed by atoms with Crippen LogP contribution in [0.15, 0.2) is 18.2 Å². The number of amides is 1. The Labute approximate surface area is 142 Å². The van der Waals surface area contributed by atoms with Gasteiger partial charge in [-0.2, -0.15) is 0 Å². The van der Waals surface area contributed by atoms with Gasteiger partial charge in [0.25, 0.3) is 0 Å². The van der Waals surface area contributed by atoms with Crippen LogP contribution in [0.3, 0.4) is 0 Å². The largest absolute Gasteiger partial charge is 0.480 e. The monoisotopic (exact) mass is 330 g/mol. The van der Waals surface area contributed by atoms with Crippen molar-refractivity contribution in [3.63, 3.8) is 0 Å². The van der Waals surface area contributed by atoms with Crippen LogP contribution < -0.4 is 10.6 Å². The molecule has 1 atom stereocenters. The Hall–Kier alpha value is -1.88. The van der Waals surface area contributed by atoms with Crippen LogP contribution in [0.2, 0.25) is 0 Å². The summed E-state index contributed by atoms with van der Waals surface area (Å²) >= 11 is 0. The molecule has 5 heteroatoms. The van der Waals surface area contributed by atoms with Gasteiger partial charge in [-0.3, -0.25) is 9.59 Å². The number of aryl methyl sites for hydroxylation is 2. The molecule has 130 valence electrons. The molecule has 1 amide bonds. The zero-order chi connectivity index (χ0) is 17.2. The van der Waals surface area contributed by atoms with E-state index in [0.29, 0.717) is 25.9 Å². The van der Waals surface area contributed by atoms with Gasteiger partial charge in [-0.1, -0.05) is 18.2 Å². The molecule has 1 aliphatic carbocycles. The van der Waals surface area contributed by atoms with E-state index in [1.807, 2.05) is 6.92 Å². The molecular formula is C19H26N2O3. The molecule has 1 aromatic carbocycles. The summed E-state index contributed by atoms with van der Waals surface area (Å²) in [5.74, 6) is -1.37. The van der Waals surface area contributed by atoms with Crippen LogP contribution >= 0.6 is 0 Å². The maximum Gasteiger partial charge on any atom is 0.319 e. The minimum atomic E-state index is -1.30. The van der Waals surface area contributed by atoms with E-state index in [2.05, 4.69) is 28.8 Å². The number of carbonyl (C=O) groups is 2. The third-order valence-corrected chi connectivity index (χ3v) is 5.52. The van der Waals surface area contributed by atoms with Gasteiger partial charge in [0.1, 0.15) is 5.41 Å². The Balaban J connectivity index is 1.74. The molecule has 1 saturated heterocycles. The van der Waals surface area contributed by atoms with Gasteiger partial charge < -0.3 is 15.7 Å². The van der Waals surface area contributed by atoms with Crippen molar-refractivity contribution in [3.8, 4) is 0 Å². The topological polar surface area (TPSA) is 78.4 Å². The summed E-state index contributed by atoms with van der Waals surface area (Å²) in [7, 11) is 0. The number of piperidine rings is 1. The molecule has 1 unspecified atom stereocenters. The molecule has 3 rings (SSSR count). The van der Waals surface area contributed by atoms with E-state index in [1.54, 1.807) is 0 Å². The first-order chi connectivity index (χ1) is 11.5. The van der Waals surface area contributed by atoms with Gasteiger partial charge >= 0.3 is 5.97 Å². The number of benzene rings is 1. The average molecular weight is 330 g/mol. The van der Waals surface area contributed by atoms with Gasteiger partial charge in [-0.25, -0.2) is 0 Å². The number of carbonyl (C=O) groups excluding carboxylic acids is 1. The van der Waals surface area contributed by atoms with E-state index in [1.165, 1.54) is 24.0 Å². The predicted molar refractivity (Wildman–Crippen MR) is 91.8 cm³/mol. The van der Waals surface area contributed by atoms with Crippen LogP contribution in [0.5, 0.6) is 0 Å². The highest BCUT2D eigenvalue weighted by Crippen LogP contribution is 2.31. The molecular weight excluding hydrogens is 304 g/mol. The summed E-state index contributed by atoms with van der Waals surface area (Å²) in [4.78, 5) is 24.5. The number of hydrogen-bond donors (Lipinski definition) is 3. The van der Waals surface area contributed by atoms with E-state index in [9.17, 15) is 14.7 Å². The molecule has 0 saturated carbocycles. The molecule has 24 heavy (non-hydrogen) atoms. The van der Waals surface area contributed by atoms with Crippen LogP contribution in [0.1, 0.15) is 55.3 Å². The lowest BCUT2D eigenvalue weighted by Crippen LogP contribution is -2.52. The fourth-order valence-electron chi connectivity index (χ4n) is 3.83. The average Bonchev–Trinajstić information content (AvgIpc) is 2.61. The second-order valence-electron chi connectivity index (χ2n) is 7.07. The number of aliphatic carboxylic acids is 1. The normalized spacial score (nSPS) is 20.7. The SMILES string of the molecule is CC(NC(=O)C1(C(=O)O)CCNCC1)c1ccc2c(c1)CCCC2. The fraction of sp³-hybridized carbons (Fsp3) is 0.579. The summed E-state index contributed by atoms with van der Waals surface area (Å²) in [6, 6.07) is 6.21. The molecule has 0 aromatic heterocycles. The summed E-state index contributed by atoms with van der Waals surface area (Å²) in [6.07, 6.45) is 5.36. The van der Waals surface area contributed by atoms with Crippen molar-refractivity contribution in [3.05, 3.63) is 34.9 Å². The predicted octanol–water partition coefficient (Wildman–Crippen LogP) is 2.20. The molecule has 1 aliphatic heterocycles. The number of carboxylic acid groups (broad SMARTS) is 1. The lowest BCUT2D eigenvalue weighted by molar-refractivity contribution is -0.158. The highest BCUT2D eigenvalue weighted by atomic mass is 16.4. The van der Waals surface area contributed by atoms with Crippen LogP contribution in [-0.2, 0) is 22.4 Å². The van der Waals surface area contributed by atoms with Crippen molar-refractivity contribution < 1.29 is 14.7 Å². The smallest absolute Gasteiger partial charge is 0.319 e. The van der Waals surface area contributed by atoms with Gasteiger partial charge in [0.2, 0.25) is 5.91 Å². The van der Waals surface area contributed by atoms with Gasteiger partial charge in [0.15, 0.2) is 0 Å². The molecule has 5 nitrogen and oxygen atoms in total. The van der Waals surface area contributed by atoms with Crippen molar-refractivity contribution in [1.82, 2.24) is 10.6 Å². The van der Waals surface area contributed by atoms with Crippen LogP contribution in [0, 0.1) is 5.41 Å². The van der Waals surface area contributed by atoms with Crippen molar-refractivity contribution in [2.75, 3.05) is 13.1 Å². The number of carboxylic acids is 1. The van der Waals surface area contributed by atoms with Gasteiger partial charge in [-0.05, 0) is 75.2 Å². The number of hydrogen-bond acceptors (Lipinski definition) is 3. The fourth-order valence-corrected chi connectivity index (χ4v) is 3.83. The molecule has 1 heterocycles. The van der Waals surface area contributed by atoms with E-state index in [0.717, 1.165) is 18.4 Å². The lowest BCUT2D eigenvalue weighted by atomic mass is 9.77. The maximum atomic E-state index is 12.7. The molecule has 0 bridgehead atoms. The third kappa shape index (κ3) is 3.18. The summed E-state index contributed by atoms with van der Waals surface area (Å²) in [5, 5.41) is 15.7. The van der Waals surface area contributed by atoms with Crippen molar-refractivity contribution >= 4 is 11.9 Å². The first kappa shape index (κ1) is 17.0. The first-order valence-electron chi connectivity index (χ1n) is 8.90. The zero-order valence-corrected chi connectivity index (χ0v) is 14.2. The summed E-state index contributed by atoms with van der Waals surface area (Å²) in [5.41, 5.74) is 2.53. The third-order valence-electron chi connectivity index (χ3n) is 5.52. The first-order valence-corrected chi connectivity index (χ1v) is 8.90. The van der Waals surface area contributed by atoms with Gasteiger partial charge in [0.05, 0.1) is 6.04 Å². The number of nitrogens with one attached hydrogen (secondary N) is 2. The molecule has 0 radical (unpaired) electrons. The Morgan fingerprint density at radius 2 is 1.83 bits per heavy atom. The van der Waals surface area contributed by atoms with Crippen molar-refractivity contribution in [1.29, 1.82) is 0 Å². The highest BCUT2D eigenvalue weighted by molar-refractivity contribution is 6.02. The Morgan fingerprint density at radius 1 is 1.17 bits per heavy atom. The molecule has 2 aliphatic rings. The summed E-state index contributed by atoms with van der Waals surface area (Å²) < 4.78 is 0. The van der Waals surface area contributed by atoms with Crippen LogP contribution in [-0.4, -0.2) is 30.1 Å². The Bertz CT molecular complexity index is 635. The standard InChI is InChI=1S/C19H26N2O3/c1-13(15-7-6-14-4-2-3-5-16(14)12-15)21-17(22)19(18(23)24)8-10-20-11-9-19/h6-7,12-13,20H,2-5,8-11H2,1H3,(H,21,22)(H,23,24). The van der Waals surface area contributed by atoms with E-state index >= 15 is 0 Å². The van der Waals surface area contributed by atoms with E-state index in [-0.39, 0.29) is 11.9 Å². The second kappa shape index (κ2) is 6.93. The summed E-state index contributed by atoms with van der Waals surface area (Å²) in [6.45, 7) is 3.05. The Morgan fingerprint density at radius 3 is 2.50 bits per heavy atom. The van der Waals surface area contributed by atoms with E-state index < -0.39 is 11.4 Å². The Kier molecular flexibility index (Phi) is 4.90. The van der Waals surface area contributed by atoms with E-state index in [4.69, 9.17) is 0 Å². The quantitative estimate of drug-likeness (QED) is 0.740. The molecule has 3 N–H and O–H groups in total. The molecule has 1 aromatic rings. The zero-order valence-electron chi connectivity index (χ0n) is 14.2. The lowest BCUT2D eigenvalue weighted by Gasteiger charge is -2.33. The number of fused-ring (bicyclic) bond motifs is 1. The van der Waals surface area contributed by atoms with Crippen LogP contribution in [0.4, 0.5) is 0 Å².